The maximum atomic E-state index is 11.0. The maximum absolute atomic E-state index is 11.0. The van der Waals surface area contributed by atoms with Gasteiger partial charge >= 0.3 is 9.17 Å². The van der Waals surface area contributed by atoms with E-state index in [1.54, 1.807) is 6.92 Å². The Bertz CT molecular complexity index is 322. The minimum Gasteiger partial charge on any atom is -0.496 e. The van der Waals surface area contributed by atoms with Crippen molar-refractivity contribution in [3.63, 3.8) is 0 Å². The summed E-state index contributed by atoms with van der Waals surface area (Å²) in [5, 5.41) is 0. The first-order chi connectivity index (χ1) is 7.33. The highest BCUT2D eigenvalue weighted by Gasteiger charge is 2.06. The van der Waals surface area contributed by atoms with Crippen LogP contribution in [0.3, 0.4) is 0 Å². The smallest absolute Gasteiger partial charge is 0.496 e. The van der Waals surface area contributed by atoms with Crippen molar-refractivity contribution in [2.75, 3.05) is 13.2 Å². The lowest BCUT2D eigenvalue weighted by Crippen LogP contribution is -2.11. The maximum Gasteiger partial charge on any atom is 0.767 e. The molecule has 80 valence electrons. The van der Waals surface area contributed by atoms with Gasteiger partial charge in [0.05, 0.1) is 13.2 Å². The van der Waals surface area contributed by atoms with E-state index in [-0.39, 0.29) is 0 Å². The van der Waals surface area contributed by atoms with Gasteiger partial charge in [0.15, 0.2) is 0 Å². The van der Waals surface area contributed by atoms with Crippen LogP contribution in [0.2, 0.25) is 0 Å². The predicted octanol–water partition coefficient (Wildman–Crippen LogP) is 2.17. The van der Waals surface area contributed by atoms with Gasteiger partial charge in [0, 0.05) is 0 Å². The van der Waals surface area contributed by atoms with E-state index < -0.39 is 9.17 Å². The van der Waals surface area contributed by atoms with Crippen molar-refractivity contribution < 1.29 is 13.3 Å². The lowest BCUT2D eigenvalue weighted by Gasteiger charge is -1.99. The summed E-state index contributed by atoms with van der Waals surface area (Å²) in [4.78, 5) is 0. The average molecular weight is 222 g/mol. The second-order valence-electron chi connectivity index (χ2n) is 2.81. The summed E-state index contributed by atoms with van der Waals surface area (Å²) in [5.74, 6) is 0. The number of hydrogen-bond acceptors (Lipinski definition) is 3. The van der Waals surface area contributed by atoms with Crippen LogP contribution in [0.15, 0.2) is 36.4 Å². The van der Waals surface area contributed by atoms with E-state index in [9.17, 15) is 4.46 Å². The summed E-state index contributed by atoms with van der Waals surface area (Å²) in [6.45, 7) is 2.51. The molecule has 4 heteroatoms. The van der Waals surface area contributed by atoms with Crippen LogP contribution in [0, 0.1) is 0 Å². The van der Waals surface area contributed by atoms with Gasteiger partial charge in [-0.05, 0) is 18.6 Å². The monoisotopic (exact) mass is 222 g/mol. The lowest BCUT2D eigenvalue weighted by atomic mass is 10.2. The molecular formula is C11H14O3Si. The molecule has 1 aromatic carbocycles. The Morgan fingerprint density at radius 3 is 2.67 bits per heavy atom. The summed E-state index contributed by atoms with van der Waals surface area (Å²) in [6.07, 6.45) is 3.73. The molecule has 0 amide bonds. The van der Waals surface area contributed by atoms with Crippen LogP contribution in [-0.4, -0.2) is 22.4 Å². The zero-order chi connectivity index (χ0) is 10.9. The van der Waals surface area contributed by atoms with E-state index in [0.29, 0.717) is 13.2 Å². The molecule has 1 aromatic rings. The van der Waals surface area contributed by atoms with Crippen molar-refractivity contribution in [3.8, 4) is 0 Å². The van der Waals surface area contributed by atoms with Crippen molar-refractivity contribution in [1.29, 1.82) is 0 Å². The van der Waals surface area contributed by atoms with E-state index in [0.717, 1.165) is 5.56 Å². The normalized spacial score (nSPS) is 10.2. The topological polar surface area (TPSA) is 35.5 Å². The number of hydrogen-bond donors (Lipinski definition) is 0. The van der Waals surface area contributed by atoms with Gasteiger partial charge in [-0.1, -0.05) is 36.4 Å². The summed E-state index contributed by atoms with van der Waals surface area (Å²) in [6, 6.07) is 9.86. The number of rotatable bonds is 6. The quantitative estimate of drug-likeness (QED) is 0.692. The third kappa shape index (κ3) is 5.12. The van der Waals surface area contributed by atoms with Crippen molar-refractivity contribution in [2.24, 2.45) is 0 Å². The van der Waals surface area contributed by atoms with Crippen molar-refractivity contribution >= 4 is 15.2 Å². The van der Waals surface area contributed by atoms with Crippen LogP contribution in [-0.2, 0) is 13.3 Å². The van der Waals surface area contributed by atoms with E-state index >= 15 is 0 Å². The second kappa shape index (κ2) is 6.95. The predicted molar refractivity (Wildman–Crippen MR) is 59.5 cm³/mol. The van der Waals surface area contributed by atoms with E-state index in [2.05, 4.69) is 0 Å². The third-order valence-electron chi connectivity index (χ3n) is 1.67. The summed E-state index contributed by atoms with van der Waals surface area (Å²) >= 11 is 0. The zero-order valence-corrected chi connectivity index (χ0v) is 9.68. The molecule has 0 saturated carbocycles. The molecule has 0 aliphatic rings. The molecule has 0 aliphatic heterocycles. The van der Waals surface area contributed by atoms with Crippen LogP contribution in [0.1, 0.15) is 12.5 Å². The van der Waals surface area contributed by atoms with Crippen molar-refractivity contribution in [2.45, 2.75) is 6.92 Å². The molecule has 0 aliphatic carbocycles. The van der Waals surface area contributed by atoms with Gasteiger partial charge in [-0.15, -0.1) is 0 Å². The zero-order valence-electron chi connectivity index (χ0n) is 8.68. The number of benzene rings is 1. The highest BCUT2D eigenvalue weighted by molar-refractivity contribution is 6.26. The summed E-state index contributed by atoms with van der Waals surface area (Å²) in [5.41, 5.74) is 1.09. The Labute approximate surface area is 91.2 Å². The Morgan fingerprint density at radius 1 is 1.27 bits per heavy atom. The Hall–Kier alpha value is -1.42. The van der Waals surface area contributed by atoms with Crippen LogP contribution in [0.25, 0.3) is 6.08 Å². The minimum absolute atomic E-state index is 0.312. The van der Waals surface area contributed by atoms with Gasteiger partial charge in [-0.2, -0.15) is 0 Å². The molecular weight excluding hydrogens is 208 g/mol. The molecule has 0 spiro atoms. The van der Waals surface area contributed by atoms with Gasteiger partial charge in [-0.25, -0.2) is 0 Å². The summed E-state index contributed by atoms with van der Waals surface area (Å²) in [7, 11) is -2.30. The molecule has 15 heavy (non-hydrogen) atoms. The fourth-order valence-electron chi connectivity index (χ4n) is 1.02. The first-order valence-electron chi connectivity index (χ1n) is 4.84. The molecule has 1 rings (SSSR count). The van der Waals surface area contributed by atoms with E-state index in [4.69, 9.17) is 8.85 Å². The molecule has 0 radical (unpaired) electrons. The fourth-order valence-corrected chi connectivity index (χ4v) is 1.58. The van der Waals surface area contributed by atoms with Crippen LogP contribution >= 0.6 is 0 Å². The van der Waals surface area contributed by atoms with Crippen LogP contribution in [0.5, 0.6) is 0 Å². The van der Waals surface area contributed by atoms with Gasteiger partial charge in [0.2, 0.25) is 0 Å². The van der Waals surface area contributed by atoms with E-state index in [1.807, 2.05) is 42.5 Å². The van der Waals surface area contributed by atoms with Gasteiger partial charge in [0.25, 0.3) is 0 Å². The summed E-state index contributed by atoms with van der Waals surface area (Å²) < 4.78 is 20.7. The van der Waals surface area contributed by atoms with Crippen LogP contribution in [0.4, 0.5) is 0 Å². The fraction of sp³-hybridized carbons (Fsp3) is 0.273. The van der Waals surface area contributed by atoms with Crippen molar-refractivity contribution in [3.05, 3.63) is 42.0 Å². The minimum atomic E-state index is -2.30. The van der Waals surface area contributed by atoms with Gasteiger partial charge < -0.3 is 8.85 Å². The Morgan fingerprint density at radius 2 is 2.00 bits per heavy atom. The molecule has 0 aromatic heterocycles. The van der Waals surface area contributed by atoms with Crippen molar-refractivity contribution in [1.82, 2.24) is 0 Å². The largest absolute Gasteiger partial charge is 0.767 e. The molecule has 0 N–H and O–H groups in total. The molecule has 0 heterocycles. The third-order valence-corrected chi connectivity index (χ3v) is 2.60. The molecule has 0 unspecified atom stereocenters. The molecule has 0 atom stereocenters. The Kier molecular flexibility index (Phi) is 5.40. The highest BCUT2D eigenvalue weighted by Crippen LogP contribution is 2.00. The van der Waals surface area contributed by atoms with Crippen LogP contribution < -0.4 is 0 Å². The second-order valence-corrected chi connectivity index (χ2v) is 3.88. The van der Waals surface area contributed by atoms with E-state index in [1.165, 1.54) is 0 Å². The van der Waals surface area contributed by atoms with Gasteiger partial charge in [0.1, 0.15) is 0 Å². The standard InChI is InChI=1S/C11H14O3Si/c1-2-13-15(12)14-10-6-9-11-7-4-3-5-8-11/h3-9H,2,10H2,1H3. The Balaban J connectivity index is 2.26. The molecule has 0 saturated heterocycles. The average Bonchev–Trinajstić information content (AvgIpc) is 2.26. The molecule has 0 bridgehead atoms. The van der Waals surface area contributed by atoms with Gasteiger partial charge in [-0.3, -0.25) is 4.46 Å². The SMILES string of the molecule is CCO[Si](=O)OCC=Cc1ccccc1. The first-order valence-corrected chi connectivity index (χ1v) is 6.06. The highest BCUT2D eigenvalue weighted by atomic mass is 28.3. The molecule has 3 nitrogen and oxygen atoms in total. The first kappa shape index (κ1) is 11.7. The molecule has 0 fully saturated rings. The lowest BCUT2D eigenvalue weighted by molar-refractivity contribution is 0.191.